The minimum absolute atomic E-state index is 0.531. The maximum Gasteiger partial charge on any atom is 0.111 e. The molecule has 0 fully saturated rings. The topological polar surface area (TPSA) is 36.9 Å². The van der Waals surface area contributed by atoms with E-state index in [1.165, 1.54) is 0 Å². The van der Waals surface area contributed by atoms with Crippen LogP contribution >= 0.6 is 0 Å². The van der Waals surface area contributed by atoms with E-state index in [0.717, 1.165) is 48.3 Å². The van der Waals surface area contributed by atoms with Crippen LogP contribution in [0.1, 0.15) is 58.6 Å². The van der Waals surface area contributed by atoms with Gasteiger partial charge in [-0.3, -0.25) is 0 Å². The Labute approximate surface area is 171 Å². The quantitative estimate of drug-likeness (QED) is 0.275. The van der Waals surface area contributed by atoms with Crippen LogP contribution in [-0.4, -0.2) is 39.6 Å². The molecule has 1 aromatic rings. The molecular formula is C24H38O4. The summed E-state index contributed by atoms with van der Waals surface area (Å²) < 4.78 is 22.1. The molecule has 0 heterocycles. The molecule has 0 saturated heterocycles. The lowest BCUT2D eigenvalue weighted by Crippen LogP contribution is -2.08. The Morgan fingerprint density at radius 3 is 1.82 bits per heavy atom. The van der Waals surface area contributed by atoms with Crippen molar-refractivity contribution in [2.24, 2.45) is 5.92 Å². The summed E-state index contributed by atoms with van der Waals surface area (Å²) in [5.74, 6) is 0.531. The standard InChI is InChI=1S/C24H38O4/c1-6-7-12-25-13-14-26-15-16-27-18-21(4)23-8-10-24(11-9-23)22(5)19-28-17-20(2)3/h8-11,18-20H,6-7,12-17H2,1-5H3/b21-18+,22-19+. The molecule has 4 nitrogen and oxygen atoms in total. The van der Waals surface area contributed by atoms with Crippen LogP contribution in [-0.2, 0) is 18.9 Å². The average molecular weight is 391 g/mol. The zero-order valence-corrected chi connectivity index (χ0v) is 18.3. The Morgan fingerprint density at radius 1 is 0.786 bits per heavy atom. The van der Waals surface area contributed by atoms with Crippen LogP contribution in [0.15, 0.2) is 36.8 Å². The largest absolute Gasteiger partial charge is 0.501 e. The number of benzene rings is 1. The number of hydrogen-bond donors (Lipinski definition) is 0. The van der Waals surface area contributed by atoms with Gasteiger partial charge in [-0.25, -0.2) is 0 Å². The Morgan fingerprint density at radius 2 is 1.29 bits per heavy atom. The summed E-state index contributed by atoms with van der Waals surface area (Å²) in [4.78, 5) is 0. The lowest BCUT2D eigenvalue weighted by Gasteiger charge is -2.08. The fourth-order valence-electron chi connectivity index (χ4n) is 2.36. The number of allylic oxidation sites excluding steroid dienone is 2. The smallest absolute Gasteiger partial charge is 0.111 e. The molecule has 0 atom stereocenters. The first-order chi connectivity index (χ1) is 13.5. The van der Waals surface area contributed by atoms with Crippen LogP contribution in [0, 0.1) is 5.92 Å². The third kappa shape index (κ3) is 11.2. The van der Waals surface area contributed by atoms with Crippen molar-refractivity contribution in [1.82, 2.24) is 0 Å². The van der Waals surface area contributed by atoms with E-state index in [9.17, 15) is 0 Å². The van der Waals surface area contributed by atoms with Gasteiger partial charge in [-0.05, 0) is 48.5 Å². The summed E-state index contributed by atoms with van der Waals surface area (Å²) in [5, 5.41) is 0. The Kier molecular flexibility index (Phi) is 13.2. The third-order valence-corrected chi connectivity index (χ3v) is 4.11. The first kappa shape index (κ1) is 24.3. The van der Waals surface area contributed by atoms with E-state index in [0.29, 0.717) is 32.3 Å². The lowest BCUT2D eigenvalue weighted by atomic mass is 10.0. The molecule has 0 aliphatic heterocycles. The highest BCUT2D eigenvalue weighted by Gasteiger charge is 2.00. The minimum Gasteiger partial charge on any atom is -0.501 e. The molecule has 0 aliphatic rings. The van der Waals surface area contributed by atoms with Gasteiger partial charge in [0, 0.05) is 6.61 Å². The van der Waals surface area contributed by atoms with Crippen molar-refractivity contribution in [3.05, 3.63) is 47.9 Å². The average Bonchev–Trinajstić information content (AvgIpc) is 2.69. The fraction of sp³-hybridized carbons (Fsp3) is 0.583. The fourth-order valence-corrected chi connectivity index (χ4v) is 2.36. The lowest BCUT2D eigenvalue weighted by molar-refractivity contribution is 0.0300. The second kappa shape index (κ2) is 15.2. The molecule has 0 N–H and O–H groups in total. The van der Waals surface area contributed by atoms with Gasteiger partial charge in [0.2, 0.25) is 0 Å². The van der Waals surface area contributed by atoms with Crippen LogP contribution < -0.4 is 0 Å². The third-order valence-electron chi connectivity index (χ3n) is 4.11. The van der Waals surface area contributed by atoms with Crippen molar-refractivity contribution >= 4 is 11.1 Å². The van der Waals surface area contributed by atoms with E-state index in [2.05, 4.69) is 52.0 Å². The van der Waals surface area contributed by atoms with Gasteiger partial charge >= 0.3 is 0 Å². The van der Waals surface area contributed by atoms with Gasteiger partial charge in [-0.1, -0.05) is 51.5 Å². The molecule has 0 radical (unpaired) electrons. The highest BCUT2D eigenvalue weighted by molar-refractivity contribution is 5.68. The van der Waals surface area contributed by atoms with Crippen LogP contribution in [0.25, 0.3) is 11.1 Å². The van der Waals surface area contributed by atoms with E-state index < -0.39 is 0 Å². The molecular weight excluding hydrogens is 352 g/mol. The van der Waals surface area contributed by atoms with Crippen LogP contribution in [0.4, 0.5) is 0 Å². The molecule has 0 aliphatic carbocycles. The second-order valence-electron chi connectivity index (χ2n) is 7.36. The number of unbranched alkanes of at least 4 members (excludes halogenated alkanes) is 1. The summed E-state index contributed by atoms with van der Waals surface area (Å²) in [6.07, 6.45) is 5.91. The maximum atomic E-state index is 5.59. The van der Waals surface area contributed by atoms with Crippen LogP contribution in [0.2, 0.25) is 0 Å². The number of ether oxygens (including phenoxy) is 4. The van der Waals surface area contributed by atoms with Crippen molar-refractivity contribution in [2.45, 2.75) is 47.5 Å². The zero-order valence-electron chi connectivity index (χ0n) is 18.3. The van der Waals surface area contributed by atoms with Gasteiger partial charge in [0.1, 0.15) is 6.61 Å². The molecule has 158 valence electrons. The first-order valence-corrected chi connectivity index (χ1v) is 10.4. The second-order valence-corrected chi connectivity index (χ2v) is 7.36. The van der Waals surface area contributed by atoms with Gasteiger partial charge in [0.15, 0.2) is 0 Å². The van der Waals surface area contributed by atoms with Gasteiger partial charge in [0.05, 0.1) is 39.0 Å². The van der Waals surface area contributed by atoms with Crippen molar-refractivity contribution in [3.8, 4) is 0 Å². The van der Waals surface area contributed by atoms with E-state index in [1.54, 1.807) is 6.26 Å². The Balaban J connectivity index is 2.29. The molecule has 28 heavy (non-hydrogen) atoms. The summed E-state index contributed by atoms with van der Waals surface area (Å²) in [7, 11) is 0. The summed E-state index contributed by atoms with van der Waals surface area (Å²) in [6, 6.07) is 8.43. The summed E-state index contributed by atoms with van der Waals surface area (Å²) in [6.45, 7) is 14.5. The normalized spacial score (nSPS) is 12.5. The van der Waals surface area contributed by atoms with Crippen molar-refractivity contribution < 1.29 is 18.9 Å². The van der Waals surface area contributed by atoms with Gasteiger partial charge in [-0.15, -0.1) is 0 Å². The van der Waals surface area contributed by atoms with E-state index in [-0.39, 0.29) is 0 Å². The van der Waals surface area contributed by atoms with Crippen LogP contribution in [0.5, 0.6) is 0 Å². The molecule has 4 heteroatoms. The van der Waals surface area contributed by atoms with Crippen LogP contribution in [0.3, 0.4) is 0 Å². The van der Waals surface area contributed by atoms with Gasteiger partial charge in [-0.2, -0.15) is 0 Å². The minimum atomic E-state index is 0.531. The van der Waals surface area contributed by atoms with Gasteiger partial charge < -0.3 is 18.9 Å². The first-order valence-electron chi connectivity index (χ1n) is 10.4. The molecule has 0 amide bonds. The molecule has 0 spiro atoms. The van der Waals surface area contributed by atoms with Crippen molar-refractivity contribution in [1.29, 1.82) is 0 Å². The Hall–Kier alpha value is -1.78. The maximum absolute atomic E-state index is 5.59. The summed E-state index contributed by atoms with van der Waals surface area (Å²) in [5.41, 5.74) is 4.52. The molecule has 0 saturated carbocycles. The number of rotatable bonds is 15. The van der Waals surface area contributed by atoms with E-state index in [4.69, 9.17) is 18.9 Å². The highest BCUT2D eigenvalue weighted by Crippen LogP contribution is 2.19. The predicted molar refractivity (Wildman–Crippen MR) is 117 cm³/mol. The summed E-state index contributed by atoms with van der Waals surface area (Å²) >= 11 is 0. The van der Waals surface area contributed by atoms with E-state index in [1.807, 2.05) is 13.2 Å². The zero-order chi connectivity index (χ0) is 20.6. The number of hydrogen-bond acceptors (Lipinski definition) is 4. The molecule has 0 unspecified atom stereocenters. The van der Waals surface area contributed by atoms with Crippen molar-refractivity contribution in [3.63, 3.8) is 0 Å². The molecule has 0 aromatic heterocycles. The molecule has 0 bridgehead atoms. The SMILES string of the molecule is CCCCOCCOCCO/C=C(\C)c1ccc(/C(C)=C/OCC(C)C)cc1. The monoisotopic (exact) mass is 390 g/mol. The van der Waals surface area contributed by atoms with E-state index >= 15 is 0 Å². The predicted octanol–water partition coefficient (Wildman–Crippen LogP) is 5.93. The molecule has 1 aromatic carbocycles. The Bertz CT molecular complexity index is 573. The molecule has 1 rings (SSSR count). The highest BCUT2D eigenvalue weighted by atomic mass is 16.5. The van der Waals surface area contributed by atoms with Gasteiger partial charge in [0.25, 0.3) is 0 Å². The van der Waals surface area contributed by atoms with Crippen molar-refractivity contribution in [2.75, 3.05) is 39.6 Å².